The summed E-state index contributed by atoms with van der Waals surface area (Å²) in [6, 6.07) is 8.42. The molecule has 0 N–H and O–H groups in total. The zero-order valence-electron chi connectivity index (χ0n) is 17.8. The molecule has 36 heavy (non-hydrogen) atoms. The molecular formula is C24H11Cl2F5O5. The van der Waals surface area contributed by atoms with Crippen LogP contribution in [0, 0.1) is 29.1 Å². The zero-order chi connectivity index (χ0) is 26.3. The summed E-state index contributed by atoms with van der Waals surface area (Å²) in [6.45, 7) is 0.978. The molecule has 0 saturated heterocycles. The molecule has 1 unspecified atom stereocenters. The van der Waals surface area contributed by atoms with Crippen LogP contribution < -0.4 is 14.2 Å². The quantitative estimate of drug-likeness (QED) is 0.0895. The Balaban J connectivity index is 1.50. The average Bonchev–Trinajstić information content (AvgIpc) is 3.15. The van der Waals surface area contributed by atoms with Crippen LogP contribution in [0.3, 0.4) is 0 Å². The number of Topliss-reactive ketones (excluding diaryl/α,β-unsaturated/α-hetero) is 1. The number of hydrogen-bond donors (Lipinski definition) is 0. The fourth-order valence-electron chi connectivity index (χ4n) is 3.10. The number of benzene rings is 3. The molecule has 0 spiro atoms. The van der Waals surface area contributed by atoms with Crippen molar-refractivity contribution in [1.29, 1.82) is 0 Å². The lowest BCUT2D eigenvalue weighted by Gasteiger charge is -2.15. The molecule has 0 aliphatic carbocycles. The highest BCUT2D eigenvalue weighted by Gasteiger charge is 2.31. The van der Waals surface area contributed by atoms with Gasteiger partial charge in [-0.2, -0.15) is 8.78 Å². The van der Waals surface area contributed by atoms with Gasteiger partial charge in [0.1, 0.15) is 11.5 Å². The van der Waals surface area contributed by atoms with Crippen LogP contribution in [-0.4, -0.2) is 17.9 Å². The summed E-state index contributed by atoms with van der Waals surface area (Å²) in [6.07, 6.45) is -0.352. The number of rotatable bonds is 5. The van der Waals surface area contributed by atoms with Crippen molar-refractivity contribution in [3.8, 4) is 17.2 Å². The van der Waals surface area contributed by atoms with Crippen LogP contribution in [0.5, 0.6) is 17.2 Å². The standard InChI is InChI=1S/C24H11Cl2F5O5/c1-9(34-23-20(30)18(28)17(27)19(29)21(23)31)24(33)35-11-3-4-12-15(8-11)36-16(22(12)32)7-10-2-5-13(25)14(26)6-10/h2-9H,1H3/b16-7-. The van der Waals surface area contributed by atoms with E-state index in [9.17, 15) is 31.5 Å². The van der Waals surface area contributed by atoms with Gasteiger partial charge in [0, 0.05) is 6.07 Å². The lowest BCUT2D eigenvalue weighted by atomic mass is 10.1. The van der Waals surface area contributed by atoms with Crippen LogP contribution in [0.25, 0.3) is 6.08 Å². The Hall–Kier alpha value is -3.63. The number of allylic oxidation sites excluding steroid dienone is 1. The molecule has 0 aromatic heterocycles. The number of ether oxygens (including phenoxy) is 3. The molecule has 3 aromatic carbocycles. The van der Waals surface area contributed by atoms with Crippen molar-refractivity contribution in [3.05, 3.63) is 92.4 Å². The highest BCUT2D eigenvalue weighted by Crippen LogP contribution is 2.36. The molecule has 1 aliphatic heterocycles. The first-order valence-corrected chi connectivity index (χ1v) is 10.7. The van der Waals surface area contributed by atoms with E-state index in [1.807, 2.05) is 0 Å². The van der Waals surface area contributed by atoms with E-state index in [0.717, 1.165) is 6.92 Å². The number of esters is 1. The van der Waals surface area contributed by atoms with Crippen molar-refractivity contribution in [1.82, 2.24) is 0 Å². The fourth-order valence-corrected chi connectivity index (χ4v) is 3.40. The number of halogens is 7. The van der Waals surface area contributed by atoms with Crippen molar-refractivity contribution in [2.24, 2.45) is 0 Å². The van der Waals surface area contributed by atoms with E-state index in [1.54, 1.807) is 6.07 Å². The lowest BCUT2D eigenvalue weighted by molar-refractivity contribution is -0.141. The van der Waals surface area contributed by atoms with Gasteiger partial charge in [0.05, 0.1) is 15.6 Å². The number of ketones is 1. The topological polar surface area (TPSA) is 61.8 Å². The molecule has 1 heterocycles. The second-order valence-electron chi connectivity index (χ2n) is 7.35. The van der Waals surface area contributed by atoms with Crippen LogP contribution in [0.1, 0.15) is 22.8 Å². The molecule has 4 rings (SSSR count). The minimum atomic E-state index is -2.37. The highest BCUT2D eigenvalue weighted by atomic mass is 35.5. The number of hydrogen-bond acceptors (Lipinski definition) is 5. The lowest BCUT2D eigenvalue weighted by Crippen LogP contribution is -2.29. The Morgan fingerprint density at radius 1 is 0.917 bits per heavy atom. The third kappa shape index (κ3) is 4.74. The summed E-state index contributed by atoms with van der Waals surface area (Å²) in [7, 11) is 0. The van der Waals surface area contributed by atoms with Crippen LogP contribution in [0.15, 0.2) is 42.2 Å². The highest BCUT2D eigenvalue weighted by molar-refractivity contribution is 6.42. The van der Waals surface area contributed by atoms with Gasteiger partial charge in [-0.05, 0) is 42.8 Å². The molecule has 0 amide bonds. The minimum Gasteiger partial charge on any atom is -0.473 e. The van der Waals surface area contributed by atoms with Gasteiger partial charge in [0.2, 0.25) is 34.9 Å². The van der Waals surface area contributed by atoms with Gasteiger partial charge in [0.25, 0.3) is 0 Å². The Labute approximate surface area is 209 Å². The summed E-state index contributed by atoms with van der Waals surface area (Å²) in [4.78, 5) is 24.9. The van der Waals surface area contributed by atoms with Crippen LogP contribution >= 0.6 is 23.2 Å². The molecule has 0 fully saturated rings. The zero-order valence-corrected chi connectivity index (χ0v) is 19.3. The molecule has 5 nitrogen and oxygen atoms in total. The second kappa shape index (κ2) is 9.79. The molecule has 1 aliphatic rings. The van der Waals surface area contributed by atoms with Crippen LogP contribution in [0.4, 0.5) is 22.0 Å². The summed E-state index contributed by atoms with van der Waals surface area (Å²) >= 11 is 11.8. The van der Waals surface area contributed by atoms with Gasteiger partial charge in [-0.15, -0.1) is 0 Å². The van der Waals surface area contributed by atoms with Gasteiger partial charge < -0.3 is 14.2 Å². The monoisotopic (exact) mass is 544 g/mol. The van der Waals surface area contributed by atoms with Gasteiger partial charge in [-0.25, -0.2) is 18.0 Å². The first-order valence-electron chi connectivity index (χ1n) is 9.91. The van der Waals surface area contributed by atoms with Crippen LogP contribution in [0.2, 0.25) is 10.0 Å². The Morgan fingerprint density at radius 3 is 2.19 bits per heavy atom. The molecule has 0 saturated carbocycles. The van der Waals surface area contributed by atoms with Crippen molar-refractivity contribution in [2.45, 2.75) is 13.0 Å². The SMILES string of the molecule is CC(Oc1c(F)c(F)c(F)c(F)c1F)C(=O)Oc1ccc2c(c1)O/C(=C\c1ccc(Cl)c(Cl)c1)C2=O. The normalized spacial score (nSPS) is 14.4. The van der Waals surface area contributed by atoms with E-state index in [0.29, 0.717) is 10.6 Å². The van der Waals surface area contributed by atoms with Crippen molar-refractivity contribution in [2.75, 3.05) is 0 Å². The number of fused-ring (bicyclic) bond motifs is 1. The average molecular weight is 545 g/mol. The summed E-state index contributed by atoms with van der Waals surface area (Å²) in [5.74, 6) is -14.8. The molecule has 186 valence electrons. The molecule has 12 heteroatoms. The van der Waals surface area contributed by atoms with E-state index >= 15 is 0 Å². The maximum Gasteiger partial charge on any atom is 0.352 e. The second-order valence-corrected chi connectivity index (χ2v) is 8.17. The summed E-state index contributed by atoms with van der Waals surface area (Å²) < 4.78 is 82.7. The fraction of sp³-hybridized carbons (Fsp3) is 0.0833. The summed E-state index contributed by atoms with van der Waals surface area (Å²) in [5.41, 5.74) is 0.693. The first kappa shape index (κ1) is 25.5. The first-order chi connectivity index (χ1) is 17.0. The molecule has 1 atom stereocenters. The molecular weight excluding hydrogens is 534 g/mol. The van der Waals surface area contributed by atoms with E-state index in [4.69, 9.17) is 32.7 Å². The van der Waals surface area contributed by atoms with Gasteiger partial charge in [-0.1, -0.05) is 29.3 Å². The van der Waals surface area contributed by atoms with E-state index in [1.165, 1.54) is 36.4 Å². The molecule has 3 aromatic rings. The maximum absolute atomic E-state index is 13.8. The third-order valence-corrected chi connectivity index (χ3v) is 5.64. The Bertz CT molecular complexity index is 1430. The van der Waals surface area contributed by atoms with Gasteiger partial charge in [-0.3, -0.25) is 4.79 Å². The Kier molecular flexibility index (Phi) is 6.92. The number of carbonyl (C=O) groups excluding carboxylic acids is 2. The van der Waals surface area contributed by atoms with E-state index in [-0.39, 0.29) is 27.8 Å². The predicted molar refractivity (Wildman–Crippen MR) is 118 cm³/mol. The van der Waals surface area contributed by atoms with Gasteiger partial charge in [0.15, 0.2) is 17.6 Å². The molecule has 0 radical (unpaired) electrons. The Morgan fingerprint density at radius 2 is 1.56 bits per heavy atom. The van der Waals surface area contributed by atoms with Crippen molar-refractivity contribution >= 4 is 41.0 Å². The van der Waals surface area contributed by atoms with E-state index in [2.05, 4.69) is 4.74 Å². The van der Waals surface area contributed by atoms with E-state index < -0.39 is 52.7 Å². The number of carbonyl (C=O) groups is 2. The van der Waals surface area contributed by atoms with Crippen LogP contribution in [-0.2, 0) is 4.79 Å². The van der Waals surface area contributed by atoms with Crippen molar-refractivity contribution < 1.29 is 45.8 Å². The smallest absolute Gasteiger partial charge is 0.352 e. The molecule has 0 bridgehead atoms. The largest absolute Gasteiger partial charge is 0.473 e. The summed E-state index contributed by atoms with van der Waals surface area (Å²) in [5, 5.41) is 0.594. The maximum atomic E-state index is 13.8. The predicted octanol–water partition coefficient (Wildman–Crippen LogP) is 6.68. The van der Waals surface area contributed by atoms with Crippen molar-refractivity contribution in [3.63, 3.8) is 0 Å². The minimum absolute atomic E-state index is 0.0462. The third-order valence-electron chi connectivity index (χ3n) is 4.90. The van der Waals surface area contributed by atoms with Gasteiger partial charge >= 0.3 is 5.97 Å².